The van der Waals surface area contributed by atoms with E-state index in [1.54, 1.807) is 24.3 Å². The topological polar surface area (TPSA) is 60.5 Å². The standard InChI is InChI=1S/C10H11ClN4/c11-6-1-7-13-15-14-10-4-2-9(8-12)3-5-10/h2-5H,1,6-7H2,(H,13,14). The summed E-state index contributed by atoms with van der Waals surface area (Å²) < 4.78 is 0. The van der Waals surface area contributed by atoms with Crippen LogP contribution in [0.25, 0.3) is 0 Å². The quantitative estimate of drug-likeness (QED) is 0.360. The molecule has 0 aliphatic rings. The van der Waals surface area contributed by atoms with Gasteiger partial charge >= 0.3 is 0 Å². The van der Waals surface area contributed by atoms with Crippen molar-refractivity contribution in [2.45, 2.75) is 6.42 Å². The minimum atomic E-state index is 0.593. The summed E-state index contributed by atoms with van der Waals surface area (Å²) >= 11 is 5.48. The minimum Gasteiger partial charge on any atom is -0.260 e. The molecule has 0 aromatic heterocycles. The van der Waals surface area contributed by atoms with E-state index in [1.165, 1.54) is 0 Å². The Hall–Kier alpha value is -1.60. The molecule has 0 fully saturated rings. The molecule has 5 heteroatoms. The van der Waals surface area contributed by atoms with Crippen molar-refractivity contribution in [1.82, 2.24) is 0 Å². The van der Waals surface area contributed by atoms with Gasteiger partial charge in [-0.25, -0.2) is 0 Å². The van der Waals surface area contributed by atoms with Gasteiger partial charge in [0.05, 0.1) is 23.9 Å². The first-order valence-electron chi connectivity index (χ1n) is 4.55. The van der Waals surface area contributed by atoms with Crippen LogP contribution in [0.5, 0.6) is 0 Å². The molecule has 0 saturated carbocycles. The number of hydrogen-bond acceptors (Lipinski definition) is 3. The van der Waals surface area contributed by atoms with Crippen molar-refractivity contribution in [3.8, 4) is 6.07 Å². The summed E-state index contributed by atoms with van der Waals surface area (Å²) in [4.78, 5) is 0. The second-order valence-electron chi connectivity index (χ2n) is 2.81. The lowest BCUT2D eigenvalue weighted by Crippen LogP contribution is -1.88. The number of nitrogens with one attached hydrogen (secondary N) is 1. The van der Waals surface area contributed by atoms with E-state index in [-0.39, 0.29) is 0 Å². The SMILES string of the molecule is N#Cc1ccc(NN=NCCCCl)cc1. The average molecular weight is 223 g/mol. The molecule has 0 spiro atoms. The summed E-state index contributed by atoms with van der Waals surface area (Å²) in [7, 11) is 0. The van der Waals surface area contributed by atoms with Gasteiger partial charge in [0.2, 0.25) is 0 Å². The minimum absolute atomic E-state index is 0.593. The third-order valence-corrected chi connectivity index (χ3v) is 1.92. The third kappa shape index (κ3) is 4.43. The van der Waals surface area contributed by atoms with E-state index < -0.39 is 0 Å². The van der Waals surface area contributed by atoms with Gasteiger partial charge in [0.1, 0.15) is 0 Å². The van der Waals surface area contributed by atoms with E-state index >= 15 is 0 Å². The van der Waals surface area contributed by atoms with Gasteiger partial charge in [-0.3, -0.25) is 5.43 Å². The zero-order valence-electron chi connectivity index (χ0n) is 8.15. The van der Waals surface area contributed by atoms with Gasteiger partial charge in [-0.2, -0.15) is 10.4 Å². The highest BCUT2D eigenvalue weighted by Crippen LogP contribution is 2.08. The molecule has 0 bridgehead atoms. The molecular formula is C10H11ClN4. The smallest absolute Gasteiger partial charge is 0.0991 e. The van der Waals surface area contributed by atoms with Crippen molar-refractivity contribution in [3.05, 3.63) is 29.8 Å². The van der Waals surface area contributed by atoms with Gasteiger partial charge in [0.25, 0.3) is 0 Å². The maximum absolute atomic E-state index is 8.58. The Kier molecular flexibility index (Phi) is 5.20. The van der Waals surface area contributed by atoms with Crippen molar-refractivity contribution in [2.24, 2.45) is 10.3 Å². The van der Waals surface area contributed by atoms with Gasteiger partial charge in [-0.1, -0.05) is 5.22 Å². The van der Waals surface area contributed by atoms with E-state index in [1.807, 2.05) is 6.07 Å². The van der Waals surface area contributed by atoms with Gasteiger partial charge in [-0.05, 0) is 30.7 Å². The van der Waals surface area contributed by atoms with Gasteiger partial charge < -0.3 is 0 Å². The Morgan fingerprint density at radius 3 is 2.67 bits per heavy atom. The normalized spacial score (nSPS) is 10.1. The van der Waals surface area contributed by atoms with Crippen LogP contribution in [0.1, 0.15) is 12.0 Å². The molecule has 1 N–H and O–H groups in total. The van der Waals surface area contributed by atoms with E-state index in [4.69, 9.17) is 16.9 Å². The summed E-state index contributed by atoms with van der Waals surface area (Å²) in [6.45, 7) is 0.618. The van der Waals surface area contributed by atoms with Crippen molar-refractivity contribution in [2.75, 3.05) is 17.9 Å². The largest absolute Gasteiger partial charge is 0.260 e. The molecule has 1 rings (SSSR count). The fourth-order valence-corrected chi connectivity index (χ4v) is 1.01. The molecule has 4 nitrogen and oxygen atoms in total. The number of halogens is 1. The van der Waals surface area contributed by atoms with E-state index in [2.05, 4.69) is 15.8 Å². The van der Waals surface area contributed by atoms with Crippen LogP contribution in [0.15, 0.2) is 34.6 Å². The van der Waals surface area contributed by atoms with Crippen LogP contribution < -0.4 is 5.43 Å². The second-order valence-corrected chi connectivity index (χ2v) is 3.19. The van der Waals surface area contributed by atoms with Gasteiger partial charge in [-0.15, -0.1) is 11.6 Å². The number of hydrogen-bond donors (Lipinski definition) is 1. The molecule has 0 aliphatic carbocycles. The maximum atomic E-state index is 8.58. The first kappa shape index (κ1) is 11.5. The predicted molar refractivity (Wildman–Crippen MR) is 59.8 cm³/mol. The van der Waals surface area contributed by atoms with Crippen LogP contribution in [0.3, 0.4) is 0 Å². The van der Waals surface area contributed by atoms with Crippen molar-refractivity contribution in [3.63, 3.8) is 0 Å². The predicted octanol–water partition coefficient (Wildman–Crippen LogP) is 2.97. The summed E-state index contributed by atoms with van der Waals surface area (Å²) in [5.41, 5.74) is 4.19. The van der Waals surface area contributed by atoms with Crippen molar-refractivity contribution in [1.29, 1.82) is 5.26 Å². The molecule has 0 atom stereocenters. The average Bonchev–Trinajstić information content (AvgIpc) is 2.30. The molecule has 78 valence electrons. The fourth-order valence-electron chi connectivity index (χ4n) is 0.893. The lowest BCUT2D eigenvalue weighted by atomic mass is 10.2. The molecule has 1 aromatic carbocycles. The second kappa shape index (κ2) is 6.80. The molecule has 0 saturated heterocycles. The van der Waals surface area contributed by atoms with Crippen LogP contribution in [0, 0.1) is 11.3 Å². The molecule has 0 unspecified atom stereocenters. The Balaban J connectivity index is 2.38. The van der Waals surface area contributed by atoms with E-state index in [9.17, 15) is 0 Å². The third-order valence-electron chi connectivity index (χ3n) is 1.66. The summed E-state index contributed by atoms with van der Waals surface area (Å²) in [5.74, 6) is 0.593. The van der Waals surface area contributed by atoms with Crippen LogP contribution in [0.2, 0.25) is 0 Å². The first-order valence-corrected chi connectivity index (χ1v) is 5.09. The monoisotopic (exact) mass is 222 g/mol. The lowest BCUT2D eigenvalue weighted by molar-refractivity contribution is 0.862. The maximum Gasteiger partial charge on any atom is 0.0991 e. The summed E-state index contributed by atoms with van der Waals surface area (Å²) in [5, 5.41) is 16.2. The first-order chi connectivity index (χ1) is 7.36. The Labute approximate surface area is 93.6 Å². The highest BCUT2D eigenvalue weighted by Gasteiger charge is 1.90. The highest BCUT2D eigenvalue weighted by molar-refractivity contribution is 6.17. The number of nitrogens with zero attached hydrogens (tertiary/aromatic N) is 3. The van der Waals surface area contributed by atoms with Gasteiger partial charge in [0, 0.05) is 5.88 Å². The van der Waals surface area contributed by atoms with E-state index in [0.29, 0.717) is 18.0 Å². The van der Waals surface area contributed by atoms with Crippen molar-refractivity contribution < 1.29 is 0 Å². The summed E-state index contributed by atoms with van der Waals surface area (Å²) in [6, 6.07) is 9.03. The van der Waals surface area contributed by atoms with Crippen molar-refractivity contribution >= 4 is 17.3 Å². The molecule has 1 aromatic rings. The molecular weight excluding hydrogens is 212 g/mol. The Morgan fingerprint density at radius 2 is 2.07 bits per heavy atom. The van der Waals surface area contributed by atoms with Gasteiger partial charge in [0.15, 0.2) is 0 Å². The molecule has 0 aliphatic heterocycles. The van der Waals surface area contributed by atoms with Crippen LogP contribution >= 0.6 is 11.6 Å². The molecule has 0 heterocycles. The molecule has 0 radical (unpaired) electrons. The zero-order valence-corrected chi connectivity index (χ0v) is 8.91. The van der Waals surface area contributed by atoms with Crippen LogP contribution in [-0.4, -0.2) is 12.4 Å². The van der Waals surface area contributed by atoms with E-state index in [0.717, 1.165) is 12.1 Å². The Bertz CT molecular complexity index is 353. The zero-order chi connectivity index (χ0) is 10.9. The molecule has 0 amide bonds. The Morgan fingerprint density at radius 1 is 1.33 bits per heavy atom. The fraction of sp³-hybridized carbons (Fsp3) is 0.300. The highest BCUT2D eigenvalue weighted by atomic mass is 35.5. The van der Waals surface area contributed by atoms with Crippen LogP contribution in [0.4, 0.5) is 5.69 Å². The number of nitriles is 1. The van der Waals surface area contributed by atoms with Crippen LogP contribution in [-0.2, 0) is 0 Å². The molecule has 15 heavy (non-hydrogen) atoms. The lowest BCUT2D eigenvalue weighted by Gasteiger charge is -1.97. The number of benzene rings is 1. The number of rotatable bonds is 5. The summed E-state index contributed by atoms with van der Waals surface area (Å²) in [6.07, 6.45) is 0.820. The number of alkyl halides is 1. The number of anilines is 1.